The molecule has 0 aromatic carbocycles. The van der Waals surface area contributed by atoms with Crippen molar-refractivity contribution < 1.29 is 27.2 Å². The highest BCUT2D eigenvalue weighted by Crippen LogP contribution is 2.15. The first kappa shape index (κ1) is 19.2. The minimum absolute atomic E-state index is 0.333. The molecule has 1 unspecified atom stereocenters. The molecule has 6 nitrogen and oxygen atoms in total. The van der Waals surface area contributed by atoms with Gasteiger partial charge >= 0.3 is 8.80 Å². The zero-order valence-electron chi connectivity index (χ0n) is 12.8. The monoisotopic (exact) mass is 312 g/mol. The Bertz CT molecular complexity index is 189. The van der Waals surface area contributed by atoms with Gasteiger partial charge in [0.1, 0.15) is 16.6 Å². The van der Waals surface area contributed by atoms with E-state index in [9.17, 15) is 0 Å². The molecule has 1 fully saturated rings. The summed E-state index contributed by atoms with van der Waals surface area (Å²) in [6.07, 6.45) is 1.22. The van der Waals surface area contributed by atoms with Crippen LogP contribution in [0.25, 0.3) is 0 Å². The Hall–Kier alpha value is 0.194. The normalized spacial score (nSPS) is 18.0. The number of ether oxygens (including phenoxy) is 2. The summed E-state index contributed by atoms with van der Waals surface area (Å²) >= 11 is 0. The number of hydrogen-bond acceptors (Lipinski definition) is 6. The molecule has 0 aromatic rings. The highest BCUT2D eigenvalue weighted by Gasteiger charge is 2.36. The molecule has 0 spiro atoms. The van der Waals surface area contributed by atoms with Gasteiger partial charge in [0.05, 0.1) is 13.2 Å². The van der Waals surface area contributed by atoms with Gasteiger partial charge in [0.2, 0.25) is 0 Å². The minimum atomic E-state index is -2.39. The van der Waals surface area contributed by atoms with Crippen molar-refractivity contribution in [1.82, 2.24) is 0 Å². The standard InChI is InChI=1S/C9H20O5Si.C2H8OSi/c1-10-15(11-2,12-3)6-4-5-13-7-9-8-14-9;1-2-3-4/h9H,4-8H2,1-3H3;2H2,1,4H3. The molecule has 8 heteroatoms. The lowest BCUT2D eigenvalue weighted by Gasteiger charge is -2.24. The van der Waals surface area contributed by atoms with Crippen molar-refractivity contribution in [3.05, 3.63) is 0 Å². The minimum Gasteiger partial charge on any atom is -0.428 e. The fourth-order valence-corrected chi connectivity index (χ4v) is 3.02. The van der Waals surface area contributed by atoms with Gasteiger partial charge in [0.15, 0.2) is 0 Å². The van der Waals surface area contributed by atoms with E-state index in [1.807, 2.05) is 6.92 Å². The molecule has 0 amide bonds. The third kappa shape index (κ3) is 9.69. The lowest BCUT2D eigenvalue weighted by Crippen LogP contribution is -2.42. The van der Waals surface area contributed by atoms with Crippen molar-refractivity contribution >= 4 is 19.3 Å². The van der Waals surface area contributed by atoms with Crippen molar-refractivity contribution in [2.45, 2.75) is 25.5 Å². The second-order valence-corrected chi connectivity index (χ2v) is 7.67. The summed E-state index contributed by atoms with van der Waals surface area (Å²) < 4.78 is 31.0. The average molecular weight is 313 g/mol. The Kier molecular flexibility index (Phi) is 12.1. The van der Waals surface area contributed by atoms with Gasteiger partial charge in [0.25, 0.3) is 0 Å². The van der Waals surface area contributed by atoms with Gasteiger partial charge in [0, 0.05) is 40.6 Å². The van der Waals surface area contributed by atoms with Crippen LogP contribution in [-0.2, 0) is 27.2 Å². The molecule has 0 aromatic heterocycles. The summed E-state index contributed by atoms with van der Waals surface area (Å²) in [5.74, 6) is 0. The van der Waals surface area contributed by atoms with Crippen LogP contribution in [-0.4, -0.2) is 73.2 Å². The molecule has 0 aliphatic carbocycles. The molecular formula is C11H28O6Si2. The smallest absolute Gasteiger partial charge is 0.428 e. The first-order valence-electron chi connectivity index (χ1n) is 6.51. The maximum Gasteiger partial charge on any atom is 0.500 e. The topological polar surface area (TPSA) is 58.7 Å². The number of epoxide rings is 1. The first-order valence-corrected chi connectivity index (χ1v) is 9.26. The van der Waals surface area contributed by atoms with Crippen molar-refractivity contribution in [2.24, 2.45) is 0 Å². The molecule has 1 heterocycles. The second kappa shape index (κ2) is 12.0. The van der Waals surface area contributed by atoms with Gasteiger partial charge in [-0.05, 0) is 13.3 Å². The summed E-state index contributed by atoms with van der Waals surface area (Å²) in [5, 5.41) is 0. The van der Waals surface area contributed by atoms with E-state index < -0.39 is 8.80 Å². The largest absolute Gasteiger partial charge is 0.500 e. The van der Waals surface area contributed by atoms with Crippen molar-refractivity contribution in [2.75, 3.05) is 47.8 Å². The molecule has 19 heavy (non-hydrogen) atoms. The number of rotatable bonds is 10. The molecular weight excluding hydrogens is 284 g/mol. The molecule has 0 radical (unpaired) electrons. The van der Waals surface area contributed by atoms with Crippen molar-refractivity contribution in [1.29, 1.82) is 0 Å². The molecule has 1 aliphatic heterocycles. The molecule has 0 N–H and O–H groups in total. The highest BCUT2D eigenvalue weighted by molar-refractivity contribution is 6.60. The van der Waals surface area contributed by atoms with E-state index in [0.29, 0.717) is 19.3 Å². The Labute approximate surface area is 120 Å². The van der Waals surface area contributed by atoms with Gasteiger partial charge in [-0.15, -0.1) is 0 Å². The van der Waals surface area contributed by atoms with E-state index in [-0.39, 0.29) is 0 Å². The highest BCUT2D eigenvalue weighted by atomic mass is 28.4. The molecule has 1 rings (SSSR count). The molecule has 116 valence electrons. The quantitative estimate of drug-likeness (QED) is 0.321. The molecule has 1 atom stereocenters. The Morgan fingerprint density at radius 1 is 1.21 bits per heavy atom. The predicted octanol–water partition coefficient (Wildman–Crippen LogP) is -0.0267. The van der Waals surface area contributed by atoms with Gasteiger partial charge in [-0.1, -0.05) is 0 Å². The maximum atomic E-state index is 5.42. The molecule has 1 saturated heterocycles. The van der Waals surface area contributed by atoms with Gasteiger partial charge in [-0.2, -0.15) is 0 Å². The van der Waals surface area contributed by atoms with Crippen LogP contribution in [0.2, 0.25) is 6.04 Å². The molecule has 0 saturated carbocycles. The lowest BCUT2D eigenvalue weighted by molar-refractivity contribution is 0.100. The number of hydrogen-bond donors (Lipinski definition) is 0. The Morgan fingerprint density at radius 2 is 1.74 bits per heavy atom. The van der Waals surface area contributed by atoms with Crippen LogP contribution in [0.5, 0.6) is 0 Å². The van der Waals surface area contributed by atoms with E-state index >= 15 is 0 Å². The van der Waals surface area contributed by atoms with Crippen LogP contribution in [0.3, 0.4) is 0 Å². The lowest BCUT2D eigenvalue weighted by atomic mass is 10.5. The fraction of sp³-hybridized carbons (Fsp3) is 1.00. The van der Waals surface area contributed by atoms with Gasteiger partial charge < -0.3 is 27.2 Å². The molecule has 0 bridgehead atoms. The average Bonchev–Trinajstić information content (AvgIpc) is 3.28. The Balaban J connectivity index is 0.000000711. The zero-order chi connectivity index (χ0) is 14.6. The third-order valence-corrected chi connectivity index (χ3v) is 6.11. The van der Waals surface area contributed by atoms with Crippen molar-refractivity contribution in [3.8, 4) is 0 Å². The summed E-state index contributed by atoms with van der Waals surface area (Å²) in [5.41, 5.74) is 0. The summed E-state index contributed by atoms with van der Waals surface area (Å²) in [6.45, 7) is 5.11. The zero-order valence-corrected chi connectivity index (χ0v) is 15.8. The summed E-state index contributed by atoms with van der Waals surface area (Å²) in [6, 6.07) is 0.780. The van der Waals surface area contributed by atoms with Gasteiger partial charge in [-0.25, -0.2) is 0 Å². The van der Waals surface area contributed by atoms with Crippen molar-refractivity contribution in [3.63, 3.8) is 0 Å². The van der Waals surface area contributed by atoms with Crippen LogP contribution >= 0.6 is 0 Å². The third-order valence-electron chi connectivity index (χ3n) is 2.70. The van der Waals surface area contributed by atoms with E-state index in [4.69, 9.17) is 22.8 Å². The maximum absolute atomic E-state index is 5.42. The summed E-state index contributed by atoms with van der Waals surface area (Å²) in [7, 11) is 3.37. The predicted molar refractivity (Wildman–Crippen MR) is 78.3 cm³/mol. The SMILES string of the molecule is CCO[SiH3].CO[Si](CCCOCC1CO1)(OC)OC. The Morgan fingerprint density at radius 3 is 2.11 bits per heavy atom. The van der Waals surface area contributed by atoms with Crippen LogP contribution in [0, 0.1) is 0 Å². The van der Waals surface area contributed by atoms with E-state index in [1.165, 1.54) is 0 Å². The first-order chi connectivity index (χ1) is 9.17. The van der Waals surface area contributed by atoms with E-state index in [1.54, 1.807) is 21.3 Å². The summed E-state index contributed by atoms with van der Waals surface area (Å²) in [4.78, 5) is 0. The fourth-order valence-electron chi connectivity index (χ4n) is 1.33. The molecule has 1 aliphatic rings. The second-order valence-electron chi connectivity index (χ2n) is 4.01. The van der Waals surface area contributed by atoms with Gasteiger partial charge in [-0.3, -0.25) is 0 Å². The van der Waals surface area contributed by atoms with Crippen LogP contribution in [0.15, 0.2) is 0 Å². The van der Waals surface area contributed by atoms with Crippen LogP contribution in [0.4, 0.5) is 0 Å². The van der Waals surface area contributed by atoms with E-state index in [0.717, 1.165) is 36.2 Å². The van der Waals surface area contributed by atoms with E-state index in [2.05, 4.69) is 4.43 Å². The van der Waals surface area contributed by atoms with Crippen LogP contribution in [0.1, 0.15) is 13.3 Å². The van der Waals surface area contributed by atoms with Crippen LogP contribution < -0.4 is 0 Å².